The Balaban J connectivity index is 0.765. The number of hydrogen-bond donors (Lipinski definition) is 2. The molecule has 0 bridgehead atoms. The molecule has 2 N–H and O–H groups in total. The summed E-state index contributed by atoms with van der Waals surface area (Å²) in [5, 5.41) is 13.6. The number of carbonyl (C=O) groups is 1. The Hall–Kier alpha value is -5.25. The molecule has 0 aromatic heterocycles. The Bertz CT molecular complexity index is 2340. The fourth-order valence-electron chi connectivity index (χ4n) is 11.7. The van der Waals surface area contributed by atoms with Gasteiger partial charge >= 0.3 is 0 Å². The van der Waals surface area contributed by atoms with Crippen LogP contribution in [0.2, 0.25) is 0 Å². The minimum Gasteiger partial charge on any atom is -0.508 e. The van der Waals surface area contributed by atoms with Crippen LogP contribution in [0.15, 0.2) is 103 Å². The number of hydrogen-bond acceptors (Lipinski definition) is 9. The van der Waals surface area contributed by atoms with E-state index in [0.29, 0.717) is 30.6 Å². The summed E-state index contributed by atoms with van der Waals surface area (Å²) in [6, 6.07) is 27.9. The molecule has 318 valence electrons. The fraction of sp³-hybridized carbons (Fsp3) is 0.442. The predicted octanol–water partition coefficient (Wildman–Crippen LogP) is 8.60. The summed E-state index contributed by atoms with van der Waals surface area (Å²) in [5.74, 6) is 3.37. The number of allylic oxidation sites excluding steroid dienone is 2. The van der Waals surface area contributed by atoms with Gasteiger partial charge < -0.3 is 34.4 Å². The number of benzene rings is 4. The van der Waals surface area contributed by atoms with E-state index in [1.54, 1.807) is 7.11 Å². The van der Waals surface area contributed by atoms with Crippen molar-refractivity contribution in [3.05, 3.63) is 137 Å². The highest BCUT2D eigenvalue weighted by molar-refractivity contribution is 5.99. The molecule has 5 aliphatic heterocycles. The van der Waals surface area contributed by atoms with E-state index in [-0.39, 0.29) is 29.3 Å². The molecule has 10 rings (SSSR count). The van der Waals surface area contributed by atoms with Crippen LogP contribution in [0, 0.1) is 11.8 Å². The minimum atomic E-state index is -0.102. The van der Waals surface area contributed by atoms with Crippen LogP contribution in [0.3, 0.4) is 0 Å². The van der Waals surface area contributed by atoms with Gasteiger partial charge in [-0.3, -0.25) is 9.69 Å². The number of carbonyl (C=O) groups excluding carboxylic acids is 1. The maximum absolute atomic E-state index is 13.7. The third kappa shape index (κ3) is 7.48. The number of piperidine rings is 1. The van der Waals surface area contributed by atoms with Crippen LogP contribution in [-0.4, -0.2) is 87.0 Å². The van der Waals surface area contributed by atoms with E-state index in [1.807, 2.05) is 18.2 Å². The molecular formula is C52H60N4O5. The molecule has 1 spiro atoms. The second kappa shape index (κ2) is 16.2. The summed E-state index contributed by atoms with van der Waals surface area (Å²) in [6.07, 6.45) is 6.02. The molecule has 0 radical (unpaired) electrons. The van der Waals surface area contributed by atoms with Crippen LogP contribution in [0.4, 0.5) is 11.4 Å². The number of phenolic OH excluding ortho intramolecular Hbond substituents is 1. The number of aromatic hydroxyl groups is 1. The van der Waals surface area contributed by atoms with Crippen molar-refractivity contribution in [2.24, 2.45) is 11.8 Å². The van der Waals surface area contributed by atoms with Crippen LogP contribution in [0.1, 0.15) is 89.0 Å². The van der Waals surface area contributed by atoms with Gasteiger partial charge in [0.05, 0.1) is 25.4 Å². The van der Waals surface area contributed by atoms with E-state index < -0.39 is 0 Å². The highest BCUT2D eigenvalue weighted by Gasteiger charge is 2.50. The molecular weight excluding hydrogens is 761 g/mol. The average molecular weight is 821 g/mol. The van der Waals surface area contributed by atoms with Gasteiger partial charge in [0, 0.05) is 97.4 Å². The summed E-state index contributed by atoms with van der Waals surface area (Å²) >= 11 is 0. The summed E-state index contributed by atoms with van der Waals surface area (Å²) in [5.41, 5.74) is 10.9. The van der Waals surface area contributed by atoms with Crippen molar-refractivity contribution in [2.75, 3.05) is 69.4 Å². The van der Waals surface area contributed by atoms with E-state index in [1.165, 1.54) is 27.9 Å². The zero-order chi connectivity index (χ0) is 41.8. The largest absolute Gasteiger partial charge is 0.508 e. The summed E-state index contributed by atoms with van der Waals surface area (Å²) in [4.78, 5) is 21.2. The summed E-state index contributed by atoms with van der Waals surface area (Å²) < 4.78 is 19.4. The van der Waals surface area contributed by atoms with E-state index in [9.17, 15) is 9.90 Å². The quantitative estimate of drug-likeness (QED) is 0.153. The number of rotatable bonds is 10. The van der Waals surface area contributed by atoms with Crippen molar-refractivity contribution in [2.45, 2.75) is 75.3 Å². The number of ketones is 1. The maximum atomic E-state index is 13.7. The second-order valence-electron chi connectivity index (χ2n) is 18.6. The Labute approximate surface area is 361 Å². The molecule has 1 aliphatic carbocycles. The van der Waals surface area contributed by atoms with Gasteiger partial charge in [-0.2, -0.15) is 0 Å². The summed E-state index contributed by atoms with van der Waals surface area (Å²) in [7, 11) is 1.79. The van der Waals surface area contributed by atoms with Gasteiger partial charge in [0.1, 0.15) is 29.5 Å². The Morgan fingerprint density at radius 3 is 2.61 bits per heavy atom. The van der Waals surface area contributed by atoms with Crippen molar-refractivity contribution in [1.82, 2.24) is 10.2 Å². The van der Waals surface area contributed by atoms with E-state index >= 15 is 0 Å². The van der Waals surface area contributed by atoms with Gasteiger partial charge in [0.2, 0.25) is 0 Å². The number of fused-ring (bicyclic) bond motifs is 4. The van der Waals surface area contributed by atoms with Gasteiger partial charge in [-0.15, -0.1) is 0 Å². The SMILES string of the molecule is C=C1CC[C@H](CC(=O)c2ccc3c(c2CC)OC[C@H]2CN(CC4COC5(C4)CN(c4ccc([C@H]6c7ccc(O)cc7CC[C@H]6c6ccccc6)c(OC)c4)C5)CCN32)C(=C)N1. The van der Waals surface area contributed by atoms with Gasteiger partial charge in [-0.05, 0) is 97.4 Å². The molecule has 9 nitrogen and oxygen atoms in total. The van der Waals surface area contributed by atoms with Crippen molar-refractivity contribution in [3.8, 4) is 17.2 Å². The van der Waals surface area contributed by atoms with Crippen molar-refractivity contribution < 1.29 is 24.1 Å². The molecule has 5 atom stereocenters. The van der Waals surface area contributed by atoms with Crippen LogP contribution >= 0.6 is 0 Å². The van der Waals surface area contributed by atoms with Gasteiger partial charge in [-0.1, -0.05) is 62.5 Å². The molecule has 4 aromatic carbocycles. The lowest BCUT2D eigenvalue weighted by atomic mass is 9.69. The molecule has 4 saturated heterocycles. The number of piperazine rings is 1. The third-order valence-electron chi connectivity index (χ3n) is 14.7. The maximum Gasteiger partial charge on any atom is 0.163 e. The summed E-state index contributed by atoms with van der Waals surface area (Å²) in [6.45, 7) is 17.5. The molecule has 6 aliphatic rings. The van der Waals surface area contributed by atoms with E-state index in [2.05, 4.69) is 101 Å². The number of ether oxygens (including phenoxy) is 3. The minimum absolute atomic E-state index is 0.102. The van der Waals surface area contributed by atoms with Crippen molar-refractivity contribution in [3.63, 3.8) is 0 Å². The molecule has 9 heteroatoms. The highest BCUT2D eigenvalue weighted by atomic mass is 16.5. The van der Waals surface area contributed by atoms with Crippen LogP contribution in [-0.2, 0) is 17.6 Å². The highest BCUT2D eigenvalue weighted by Crippen LogP contribution is 2.51. The zero-order valence-electron chi connectivity index (χ0n) is 35.8. The molecule has 4 fully saturated rings. The first-order valence-corrected chi connectivity index (χ1v) is 22.6. The van der Waals surface area contributed by atoms with Crippen LogP contribution in [0.5, 0.6) is 17.2 Å². The van der Waals surface area contributed by atoms with Gasteiger partial charge in [0.25, 0.3) is 0 Å². The van der Waals surface area contributed by atoms with E-state index in [4.69, 9.17) is 14.2 Å². The fourth-order valence-corrected chi connectivity index (χ4v) is 11.7. The first kappa shape index (κ1) is 39.9. The molecule has 61 heavy (non-hydrogen) atoms. The topological polar surface area (TPSA) is 86.7 Å². The van der Waals surface area contributed by atoms with Crippen molar-refractivity contribution in [1.29, 1.82) is 0 Å². The lowest BCUT2D eigenvalue weighted by Crippen LogP contribution is -2.62. The predicted molar refractivity (Wildman–Crippen MR) is 241 cm³/mol. The number of anilines is 2. The van der Waals surface area contributed by atoms with Gasteiger partial charge in [0.15, 0.2) is 5.78 Å². The smallest absolute Gasteiger partial charge is 0.163 e. The van der Waals surface area contributed by atoms with Crippen LogP contribution < -0.4 is 24.6 Å². The first-order valence-electron chi connectivity index (χ1n) is 22.6. The number of Topliss-reactive ketones (excluding diaryl/α,β-unsaturated/α-hetero) is 1. The van der Waals surface area contributed by atoms with Gasteiger partial charge in [-0.25, -0.2) is 0 Å². The molecule has 5 heterocycles. The molecule has 4 aromatic rings. The molecule has 0 amide bonds. The average Bonchev–Trinajstić information content (AvgIpc) is 3.70. The number of nitrogens with zero attached hydrogens (tertiary/aromatic N) is 3. The number of methoxy groups -OCH3 is 1. The Morgan fingerprint density at radius 2 is 1.80 bits per heavy atom. The lowest BCUT2D eigenvalue weighted by molar-refractivity contribution is -0.0189. The second-order valence-corrected chi connectivity index (χ2v) is 18.6. The number of nitrogens with one attached hydrogen (secondary N) is 1. The number of phenols is 1. The normalized spacial score (nSPS) is 25.5. The zero-order valence-corrected chi connectivity index (χ0v) is 35.8. The third-order valence-corrected chi connectivity index (χ3v) is 14.7. The Kier molecular flexibility index (Phi) is 10.6. The molecule has 1 unspecified atom stereocenters. The van der Waals surface area contributed by atoms with Crippen molar-refractivity contribution >= 4 is 17.2 Å². The standard InChI is InChI=1S/C52H60N4O5/c1-5-42-45(48(58)24-37-12-11-33(2)53-34(37)3)19-20-47-51(42)60-30-40-28-54(21-22-56(40)47)27-35-26-52(61-29-35)31-55(32-52)39-14-17-46(49(25-39)59-4)50-43(36-9-7-6-8-10-36)16-13-38-23-41(57)15-18-44(38)50/h6-10,14-15,17-20,23,25,35,37,40,43,50,53,57H,2-3,5,11-13,16,21-22,24,26-32H2,1,4H3/t35?,37-,40-,43+,50-/m1/s1. The molecule has 0 saturated carbocycles. The monoisotopic (exact) mass is 820 g/mol. The number of aryl methyl sites for hydroxylation is 1. The first-order chi connectivity index (χ1) is 29.7. The Morgan fingerprint density at radius 1 is 0.967 bits per heavy atom. The lowest BCUT2D eigenvalue weighted by Gasteiger charge is -2.49. The van der Waals surface area contributed by atoms with Crippen LogP contribution in [0.25, 0.3) is 0 Å². The van der Waals surface area contributed by atoms with E-state index in [0.717, 1.165) is 124 Å².